The SMILES string of the molecule is O=S(=O)(Nc1ncc(C#CCO)s1)C1CCOCC1. The van der Waals surface area contributed by atoms with Crippen molar-refractivity contribution in [2.45, 2.75) is 18.1 Å². The fourth-order valence-electron chi connectivity index (χ4n) is 1.70. The third kappa shape index (κ3) is 3.91. The van der Waals surface area contributed by atoms with Gasteiger partial charge in [-0.15, -0.1) is 0 Å². The van der Waals surface area contributed by atoms with Crippen LogP contribution in [0.25, 0.3) is 0 Å². The minimum Gasteiger partial charge on any atom is -0.384 e. The summed E-state index contributed by atoms with van der Waals surface area (Å²) in [6.45, 7) is 0.703. The second kappa shape index (κ2) is 6.34. The quantitative estimate of drug-likeness (QED) is 0.789. The molecule has 2 rings (SSSR count). The summed E-state index contributed by atoms with van der Waals surface area (Å²) in [5.74, 6) is 5.17. The predicted octanol–water partition coefficient (Wildman–Crippen LogP) is 0.408. The maximum Gasteiger partial charge on any atom is 0.237 e. The van der Waals surface area contributed by atoms with E-state index in [1.807, 2.05) is 0 Å². The zero-order chi connectivity index (χ0) is 13.7. The molecule has 1 aromatic heterocycles. The van der Waals surface area contributed by atoms with Crippen LogP contribution in [-0.2, 0) is 14.8 Å². The van der Waals surface area contributed by atoms with Gasteiger partial charge in [-0.2, -0.15) is 0 Å². The van der Waals surface area contributed by atoms with Crippen LogP contribution in [0.3, 0.4) is 0 Å². The van der Waals surface area contributed by atoms with Crippen LogP contribution < -0.4 is 4.72 Å². The average Bonchev–Trinajstić information content (AvgIpc) is 2.84. The Morgan fingerprint density at radius 1 is 1.53 bits per heavy atom. The van der Waals surface area contributed by atoms with Crippen molar-refractivity contribution in [3.63, 3.8) is 0 Å². The summed E-state index contributed by atoms with van der Waals surface area (Å²) in [4.78, 5) is 4.57. The van der Waals surface area contributed by atoms with Gasteiger partial charge in [0.1, 0.15) is 6.61 Å². The number of aliphatic hydroxyl groups is 1. The van der Waals surface area contributed by atoms with Crippen molar-refractivity contribution < 1.29 is 18.3 Å². The predicted molar refractivity (Wildman–Crippen MR) is 72.5 cm³/mol. The van der Waals surface area contributed by atoms with Gasteiger partial charge >= 0.3 is 0 Å². The molecular weight excluding hydrogens is 288 g/mol. The van der Waals surface area contributed by atoms with E-state index in [0.717, 1.165) is 11.3 Å². The smallest absolute Gasteiger partial charge is 0.237 e. The molecule has 1 aromatic rings. The second-order valence-corrected chi connectivity index (χ2v) is 6.94. The van der Waals surface area contributed by atoms with E-state index in [-0.39, 0.29) is 6.61 Å². The third-order valence-electron chi connectivity index (χ3n) is 2.63. The summed E-state index contributed by atoms with van der Waals surface area (Å²) in [5, 5.41) is 8.44. The van der Waals surface area contributed by atoms with Crippen LogP contribution in [0, 0.1) is 11.8 Å². The Morgan fingerprint density at radius 2 is 2.26 bits per heavy atom. The van der Waals surface area contributed by atoms with Gasteiger partial charge in [0.15, 0.2) is 5.13 Å². The van der Waals surface area contributed by atoms with Crippen molar-refractivity contribution in [1.29, 1.82) is 0 Å². The van der Waals surface area contributed by atoms with Crippen molar-refractivity contribution in [2.24, 2.45) is 0 Å². The lowest BCUT2D eigenvalue weighted by Gasteiger charge is -2.21. The van der Waals surface area contributed by atoms with Crippen molar-refractivity contribution in [2.75, 3.05) is 24.5 Å². The Labute approximate surface area is 115 Å². The summed E-state index contributed by atoms with van der Waals surface area (Å²) in [5.41, 5.74) is 0. The lowest BCUT2D eigenvalue weighted by atomic mass is 10.2. The number of rotatable bonds is 3. The van der Waals surface area contributed by atoms with Gasteiger partial charge in [0, 0.05) is 13.2 Å². The monoisotopic (exact) mass is 302 g/mol. The number of hydrogen-bond acceptors (Lipinski definition) is 6. The van der Waals surface area contributed by atoms with Gasteiger partial charge in [-0.1, -0.05) is 23.2 Å². The number of sulfonamides is 1. The van der Waals surface area contributed by atoms with E-state index in [1.165, 1.54) is 6.20 Å². The Balaban J connectivity index is 2.05. The highest BCUT2D eigenvalue weighted by Crippen LogP contribution is 2.22. The number of ether oxygens (including phenoxy) is 1. The molecule has 0 saturated carbocycles. The highest BCUT2D eigenvalue weighted by atomic mass is 32.2. The van der Waals surface area contributed by atoms with E-state index in [1.54, 1.807) is 0 Å². The second-order valence-electron chi connectivity index (χ2n) is 3.95. The van der Waals surface area contributed by atoms with E-state index < -0.39 is 15.3 Å². The molecule has 0 bridgehead atoms. The first-order valence-corrected chi connectivity index (χ1v) is 8.13. The van der Waals surface area contributed by atoms with Crippen LogP contribution in [0.4, 0.5) is 5.13 Å². The fourth-order valence-corrected chi connectivity index (χ4v) is 4.03. The highest BCUT2D eigenvalue weighted by molar-refractivity contribution is 7.93. The molecule has 1 aliphatic rings. The van der Waals surface area contributed by atoms with Crippen LogP contribution in [0.15, 0.2) is 6.20 Å². The van der Waals surface area contributed by atoms with Crippen molar-refractivity contribution in [1.82, 2.24) is 4.98 Å². The third-order valence-corrected chi connectivity index (χ3v) is 5.42. The molecule has 8 heteroatoms. The van der Waals surface area contributed by atoms with E-state index in [2.05, 4.69) is 21.5 Å². The lowest BCUT2D eigenvalue weighted by molar-refractivity contribution is 0.0984. The minimum atomic E-state index is -3.42. The average molecular weight is 302 g/mol. The molecule has 0 unspecified atom stereocenters. The molecule has 1 aliphatic heterocycles. The number of anilines is 1. The summed E-state index contributed by atoms with van der Waals surface area (Å²) in [7, 11) is -3.42. The van der Waals surface area contributed by atoms with Crippen molar-refractivity contribution in [3.05, 3.63) is 11.1 Å². The van der Waals surface area contributed by atoms with Gasteiger partial charge < -0.3 is 9.84 Å². The van der Waals surface area contributed by atoms with Gasteiger partial charge in [-0.05, 0) is 12.8 Å². The molecular formula is C11H14N2O4S2. The summed E-state index contributed by atoms with van der Waals surface area (Å²) in [6, 6.07) is 0. The Bertz CT molecular complexity index is 579. The van der Waals surface area contributed by atoms with Gasteiger partial charge in [0.05, 0.1) is 16.3 Å². The van der Waals surface area contributed by atoms with E-state index in [4.69, 9.17) is 9.84 Å². The van der Waals surface area contributed by atoms with E-state index >= 15 is 0 Å². The lowest BCUT2D eigenvalue weighted by Crippen LogP contribution is -2.33. The molecule has 1 saturated heterocycles. The topological polar surface area (TPSA) is 88.5 Å². The molecule has 0 spiro atoms. The maximum absolute atomic E-state index is 12.1. The van der Waals surface area contributed by atoms with Gasteiger partial charge in [-0.25, -0.2) is 13.4 Å². The Kier molecular flexibility index (Phi) is 4.76. The molecule has 2 N–H and O–H groups in total. The minimum absolute atomic E-state index is 0.235. The normalized spacial score (nSPS) is 16.7. The number of aliphatic hydroxyl groups excluding tert-OH is 1. The molecule has 0 radical (unpaired) electrons. The Hall–Kier alpha value is -1.14. The zero-order valence-electron chi connectivity index (χ0n) is 10.1. The van der Waals surface area contributed by atoms with Crippen LogP contribution in [-0.4, -0.2) is 43.6 Å². The van der Waals surface area contributed by atoms with Gasteiger partial charge in [-0.3, -0.25) is 4.72 Å². The molecule has 0 aliphatic carbocycles. The molecule has 0 aromatic carbocycles. The maximum atomic E-state index is 12.1. The first kappa shape index (κ1) is 14.3. The van der Waals surface area contributed by atoms with Gasteiger partial charge in [0.2, 0.25) is 10.0 Å². The summed E-state index contributed by atoms with van der Waals surface area (Å²) in [6.07, 6.45) is 2.48. The molecule has 0 atom stereocenters. The first-order chi connectivity index (χ1) is 9.12. The number of thiazole rings is 1. The van der Waals surface area contributed by atoms with Gasteiger partial charge in [0.25, 0.3) is 0 Å². The highest BCUT2D eigenvalue weighted by Gasteiger charge is 2.28. The number of nitrogens with zero attached hydrogens (tertiary/aromatic N) is 1. The zero-order valence-corrected chi connectivity index (χ0v) is 11.8. The molecule has 104 valence electrons. The van der Waals surface area contributed by atoms with E-state index in [0.29, 0.717) is 36.1 Å². The van der Waals surface area contributed by atoms with Crippen LogP contribution >= 0.6 is 11.3 Å². The number of nitrogens with one attached hydrogen (secondary N) is 1. The van der Waals surface area contributed by atoms with E-state index in [9.17, 15) is 8.42 Å². The molecule has 19 heavy (non-hydrogen) atoms. The van der Waals surface area contributed by atoms with Crippen LogP contribution in [0.2, 0.25) is 0 Å². The Morgan fingerprint density at radius 3 is 2.95 bits per heavy atom. The van der Waals surface area contributed by atoms with Crippen LogP contribution in [0.1, 0.15) is 17.7 Å². The molecule has 6 nitrogen and oxygen atoms in total. The summed E-state index contributed by atoms with van der Waals surface area (Å²) >= 11 is 1.15. The van der Waals surface area contributed by atoms with Crippen LogP contribution in [0.5, 0.6) is 0 Å². The summed E-state index contributed by atoms with van der Waals surface area (Å²) < 4.78 is 31.8. The van der Waals surface area contributed by atoms with Crippen molar-refractivity contribution in [3.8, 4) is 11.8 Å². The molecule has 0 amide bonds. The first-order valence-electron chi connectivity index (χ1n) is 5.77. The number of hydrogen-bond donors (Lipinski definition) is 2. The van der Waals surface area contributed by atoms with Crippen molar-refractivity contribution >= 4 is 26.5 Å². The fraction of sp³-hybridized carbons (Fsp3) is 0.545. The number of aromatic nitrogens is 1. The standard InChI is InChI=1S/C11H14N2O4S2/c14-5-1-2-9-8-12-11(18-9)13-19(15,16)10-3-6-17-7-4-10/h8,10,14H,3-7H2,(H,12,13). The largest absolute Gasteiger partial charge is 0.384 e. The molecule has 2 heterocycles. The molecule has 1 fully saturated rings.